The highest BCUT2D eigenvalue weighted by Crippen LogP contribution is 2.29. The molecule has 1 heterocycles. The van der Waals surface area contributed by atoms with Crippen LogP contribution in [0.1, 0.15) is 23.1 Å². The molecule has 0 atom stereocenters. The molecule has 0 spiro atoms. The average molecular weight is 313 g/mol. The summed E-state index contributed by atoms with van der Waals surface area (Å²) in [5.41, 5.74) is -0.847. The zero-order valence-electron chi connectivity index (χ0n) is 11.9. The number of carbonyl (C=O) groups excluding carboxylic acids is 1. The minimum Gasteiger partial charge on any atom is -0.494 e. The number of nitrogens with one attached hydrogen (secondary N) is 1. The molecule has 0 aliphatic carbocycles. The van der Waals surface area contributed by atoms with Crippen LogP contribution >= 0.6 is 0 Å². The molecule has 0 saturated heterocycles. The van der Waals surface area contributed by atoms with E-state index in [0.717, 1.165) is 7.05 Å². The molecule has 2 rings (SSSR count). The van der Waals surface area contributed by atoms with Crippen LogP contribution in [-0.4, -0.2) is 22.3 Å². The fourth-order valence-corrected chi connectivity index (χ4v) is 1.84. The normalized spacial score (nSPS) is 11.3. The molecule has 1 aromatic carbocycles. The van der Waals surface area contributed by atoms with E-state index in [0.29, 0.717) is 28.8 Å². The van der Waals surface area contributed by atoms with Crippen LogP contribution in [0.15, 0.2) is 30.3 Å². The summed E-state index contributed by atoms with van der Waals surface area (Å²) >= 11 is 0. The molecule has 0 fully saturated rings. The lowest BCUT2D eigenvalue weighted by atomic mass is 10.3. The van der Waals surface area contributed by atoms with Crippen molar-refractivity contribution in [1.29, 1.82) is 0 Å². The van der Waals surface area contributed by atoms with Gasteiger partial charge in [0.15, 0.2) is 5.69 Å². The molecule has 8 heteroatoms. The Hall–Kier alpha value is -2.51. The average Bonchev–Trinajstić information content (AvgIpc) is 2.83. The summed E-state index contributed by atoms with van der Waals surface area (Å²) in [4.78, 5) is 11.9. The molecular formula is C14H14F3N3O2. The van der Waals surface area contributed by atoms with Gasteiger partial charge in [0.1, 0.15) is 11.4 Å². The Balaban J connectivity index is 2.12. The Morgan fingerprint density at radius 3 is 2.45 bits per heavy atom. The van der Waals surface area contributed by atoms with Crippen molar-refractivity contribution < 1.29 is 22.7 Å². The first-order valence-corrected chi connectivity index (χ1v) is 6.46. The number of aryl methyl sites for hydroxylation is 1. The molecule has 5 nitrogen and oxygen atoms in total. The van der Waals surface area contributed by atoms with Crippen LogP contribution in [0.5, 0.6) is 5.75 Å². The van der Waals surface area contributed by atoms with E-state index in [9.17, 15) is 18.0 Å². The molecule has 118 valence electrons. The van der Waals surface area contributed by atoms with Crippen molar-refractivity contribution >= 4 is 11.6 Å². The zero-order chi connectivity index (χ0) is 16.3. The van der Waals surface area contributed by atoms with Crippen molar-refractivity contribution in [2.24, 2.45) is 7.05 Å². The number of amides is 1. The maximum absolute atomic E-state index is 12.7. The summed E-state index contributed by atoms with van der Waals surface area (Å²) in [6, 6.07) is 7.20. The Morgan fingerprint density at radius 1 is 1.32 bits per heavy atom. The number of ether oxygens (including phenoxy) is 1. The number of anilines is 1. The highest BCUT2D eigenvalue weighted by atomic mass is 19.4. The first-order valence-electron chi connectivity index (χ1n) is 6.46. The number of nitrogens with zero attached hydrogens (tertiary/aromatic N) is 2. The number of hydrogen-bond acceptors (Lipinski definition) is 3. The van der Waals surface area contributed by atoms with E-state index in [1.807, 2.05) is 6.92 Å². The quantitative estimate of drug-likeness (QED) is 0.943. The Morgan fingerprint density at radius 2 is 1.95 bits per heavy atom. The minimum absolute atomic E-state index is 0.302. The fraction of sp³-hybridized carbons (Fsp3) is 0.286. The van der Waals surface area contributed by atoms with Gasteiger partial charge in [-0.1, -0.05) is 0 Å². The number of carbonyl (C=O) groups is 1. The molecule has 0 aliphatic heterocycles. The summed E-state index contributed by atoms with van der Waals surface area (Å²) in [5.74, 6) is -0.0760. The summed E-state index contributed by atoms with van der Waals surface area (Å²) in [5, 5.41) is 6.06. The van der Waals surface area contributed by atoms with Crippen molar-refractivity contribution in [3.63, 3.8) is 0 Å². The molecule has 22 heavy (non-hydrogen) atoms. The van der Waals surface area contributed by atoms with Crippen molar-refractivity contribution in [3.05, 3.63) is 41.7 Å². The molecule has 0 bridgehead atoms. The van der Waals surface area contributed by atoms with E-state index < -0.39 is 17.8 Å². The highest BCUT2D eigenvalue weighted by molar-refractivity contribution is 6.02. The van der Waals surface area contributed by atoms with Crippen molar-refractivity contribution in [2.75, 3.05) is 11.9 Å². The maximum atomic E-state index is 12.7. The number of halogens is 3. The monoisotopic (exact) mass is 313 g/mol. The number of alkyl halides is 3. The van der Waals surface area contributed by atoms with Gasteiger partial charge in [0.25, 0.3) is 5.91 Å². The first-order chi connectivity index (χ1) is 10.3. The summed E-state index contributed by atoms with van der Waals surface area (Å²) in [7, 11) is 1.14. The van der Waals surface area contributed by atoms with Gasteiger partial charge in [0, 0.05) is 18.8 Å². The molecule has 2 aromatic rings. The number of aromatic nitrogens is 2. The molecule has 1 amide bonds. The van der Waals surface area contributed by atoms with E-state index in [4.69, 9.17) is 4.74 Å². The van der Waals surface area contributed by atoms with Gasteiger partial charge in [-0.2, -0.15) is 18.3 Å². The van der Waals surface area contributed by atoms with Crippen LogP contribution in [0, 0.1) is 0 Å². The third-order valence-electron chi connectivity index (χ3n) is 2.83. The second-order valence-electron chi connectivity index (χ2n) is 4.45. The zero-order valence-corrected chi connectivity index (χ0v) is 11.9. The van der Waals surface area contributed by atoms with Crippen LogP contribution in [0.3, 0.4) is 0 Å². The second-order valence-corrected chi connectivity index (χ2v) is 4.45. The van der Waals surface area contributed by atoms with Crippen LogP contribution in [0.4, 0.5) is 18.9 Å². The Labute approximate surface area is 124 Å². The lowest BCUT2D eigenvalue weighted by molar-refractivity contribution is -0.143. The molecule has 0 aliphatic rings. The van der Waals surface area contributed by atoms with E-state index in [-0.39, 0.29) is 5.69 Å². The van der Waals surface area contributed by atoms with Gasteiger partial charge in [0.2, 0.25) is 0 Å². The largest absolute Gasteiger partial charge is 0.494 e. The molecule has 1 N–H and O–H groups in total. The minimum atomic E-state index is -4.56. The molecule has 0 unspecified atom stereocenters. The van der Waals surface area contributed by atoms with Crippen molar-refractivity contribution in [2.45, 2.75) is 13.1 Å². The van der Waals surface area contributed by atoms with E-state index in [2.05, 4.69) is 10.4 Å². The SMILES string of the molecule is CCOc1ccc(NC(=O)c2cc(C(F)(F)F)n(C)n2)cc1. The second kappa shape index (κ2) is 6.08. The van der Waals surface area contributed by atoms with Gasteiger partial charge in [-0.15, -0.1) is 0 Å². The van der Waals surface area contributed by atoms with Gasteiger partial charge in [0.05, 0.1) is 6.61 Å². The summed E-state index contributed by atoms with van der Waals surface area (Å²) < 4.78 is 43.9. The first kappa shape index (κ1) is 15.9. The van der Waals surface area contributed by atoms with Crippen molar-refractivity contribution in [3.8, 4) is 5.75 Å². The smallest absolute Gasteiger partial charge is 0.433 e. The number of benzene rings is 1. The number of rotatable bonds is 4. The van der Waals surface area contributed by atoms with Gasteiger partial charge in [-0.3, -0.25) is 9.48 Å². The van der Waals surface area contributed by atoms with Crippen LogP contribution in [0.2, 0.25) is 0 Å². The van der Waals surface area contributed by atoms with Gasteiger partial charge >= 0.3 is 6.18 Å². The Bertz CT molecular complexity index is 663. The van der Waals surface area contributed by atoms with E-state index >= 15 is 0 Å². The van der Waals surface area contributed by atoms with Crippen LogP contribution in [-0.2, 0) is 13.2 Å². The molecule has 0 radical (unpaired) electrons. The molecule has 0 saturated carbocycles. The lowest BCUT2D eigenvalue weighted by Crippen LogP contribution is -2.13. The third kappa shape index (κ3) is 3.57. The van der Waals surface area contributed by atoms with Crippen molar-refractivity contribution in [1.82, 2.24) is 9.78 Å². The fourth-order valence-electron chi connectivity index (χ4n) is 1.84. The topological polar surface area (TPSA) is 56.1 Å². The van der Waals surface area contributed by atoms with Gasteiger partial charge in [-0.25, -0.2) is 0 Å². The van der Waals surface area contributed by atoms with Crippen LogP contribution < -0.4 is 10.1 Å². The van der Waals surface area contributed by atoms with Gasteiger partial charge < -0.3 is 10.1 Å². The predicted molar refractivity (Wildman–Crippen MR) is 73.8 cm³/mol. The maximum Gasteiger partial charge on any atom is 0.433 e. The summed E-state index contributed by atoms with van der Waals surface area (Å²) in [6.07, 6.45) is -4.56. The van der Waals surface area contributed by atoms with Crippen LogP contribution in [0.25, 0.3) is 0 Å². The molecular weight excluding hydrogens is 299 g/mol. The Kier molecular flexibility index (Phi) is 4.39. The summed E-state index contributed by atoms with van der Waals surface area (Å²) in [6.45, 7) is 2.36. The predicted octanol–water partition coefficient (Wildman–Crippen LogP) is 3.09. The third-order valence-corrected chi connectivity index (χ3v) is 2.83. The van der Waals surface area contributed by atoms with E-state index in [1.165, 1.54) is 0 Å². The van der Waals surface area contributed by atoms with Gasteiger partial charge in [-0.05, 0) is 31.2 Å². The highest BCUT2D eigenvalue weighted by Gasteiger charge is 2.35. The standard InChI is InChI=1S/C14H14F3N3O2/c1-3-22-10-6-4-9(5-7-10)18-13(21)11-8-12(14(15,16)17)20(2)19-11/h4-8H,3H2,1-2H3,(H,18,21). The molecule has 1 aromatic heterocycles. The number of hydrogen-bond donors (Lipinski definition) is 1. The van der Waals surface area contributed by atoms with E-state index in [1.54, 1.807) is 24.3 Å². The lowest BCUT2D eigenvalue weighted by Gasteiger charge is -2.05.